The molecule has 1 saturated heterocycles. The zero-order chi connectivity index (χ0) is 23.3. The standard InChI is InChI=1S/C23H40N4O4/c1-23(2,3)27(22(30)31)19-13-20(28)24-14-7-5-6-12-21(29)25(4)15-8-9-16-26-17-10-11-18-26/h5-7,10-19H2,1-4H3,(H,24,28)(H,30,31). The summed E-state index contributed by atoms with van der Waals surface area (Å²) >= 11 is 0. The second-order valence-electron chi connectivity index (χ2n) is 9.10. The van der Waals surface area contributed by atoms with Gasteiger partial charge < -0.3 is 20.2 Å². The van der Waals surface area contributed by atoms with Gasteiger partial charge in [0.05, 0.1) is 13.1 Å². The number of nitrogens with one attached hydrogen (secondary N) is 1. The average Bonchev–Trinajstić information content (AvgIpc) is 3.19. The molecule has 3 amide bonds. The van der Waals surface area contributed by atoms with E-state index >= 15 is 0 Å². The molecule has 176 valence electrons. The van der Waals surface area contributed by atoms with Crippen molar-refractivity contribution in [2.24, 2.45) is 0 Å². The fraction of sp³-hybridized carbons (Fsp3) is 0.783. The van der Waals surface area contributed by atoms with Gasteiger partial charge in [-0.15, -0.1) is 0 Å². The van der Waals surface area contributed by atoms with Crippen LogP contribution in [0.15, 0.2) is 0 Å². The lowest BCUT2D eigenvalue weighted by Crippen LogP contribution is -2.46. The second-order valence-corrected chi connectivity index (χ2v) is 9.10. The molecule has 0 aromatic heterocycles. The second kappa shape index (κ2) is 13.9. The molecule has 0 aromatic carbocycles. The highest BCUT2D eigenvalue weighted by molar-refractivity contribution is 5.77. The first-order valence-electron chi connectivity index (χ1n) is 11.3. The van der Waals surface area contributed by atoms with E-state index in [0.29, 0.717) is 19.5 Å². The lowest BCUT2D eigenvalue weighted by molar-refractivity contribution is -0.129. The Kier molecular flexibility index (Phi) is 12.0. The van der Waals surface area contributed by atoms with E-state index < -0.39 is 11.6 Å². The minimum Gasteiger partial charge on any atom is -0.465 e. The maximum atomic E-state index is 12.1. The van der Waals surface area contributed by atoms with Crippen molar-refractivity contribution in [1.29, 1.82) is 0 Å². The normalized spacial score (nSPS) is 13.9. The van der Waals surface area contributed by atoms with Crippen LogP contribution in [0.2, 0.25) is 0 Å². The van der Waals surface area contributed by atoms with Crippen molar-refractivity contribution in [2.75, 3.05) is 46.3 Å². The van der Waals surface area contributed by atoms with Gasteiger partial charge in [0, 0.05) is 38.5 Å². The number of carboxylic acid groups (broad SMARTS) is 1. The molecular formula is C23H40N4O4. The maximum Gasteiger partial charge on any atom is 0.407 e. The van der Waals surface area contributed by atoms with Gasteiger partial charge in [-0.1, -0.05) is 18.3 Å². The van der Waals surface area contributed by atoms with Crippen molar-refractivity contribution in [3.05, 3.63) is 0 Å². The fourth-order valence-corrected chi connectivity index (χ4v) is 3.39. The molecule has 1 aliphatic rings. The fourth-order valence-electron chi connectivity index (χ4n) is 3.39. The van der Waals surface area contributed by atoms with Crippen LogP contribution < -0.4 is 5.32 Å². The number of nitrogens with zero attached hydrogens (tertiary/aromatic N) is 3. The van der Waals surface area contributed by atoms with Gasteiger partial charge >= 0.3 is 6.09 Å². The molecule has 8 nitrogen and oxygen atoms in total. The van der Waals surface area contributed by atoms with Crippen molar-refractivity contribution in [1.82, 2.24) is 20.0 Å². The van der Waals surface area contributed by atoms with E-state index in [4.69, 9.17) is 0 Å². The van der Waals surface area contributed by atoms with Crippen LogP contribution in [-0.4, -0.2) is 89.6 Å². The molecule has 0 saturated carbocycles. The van der Waals surface area contributed by atoms with E-state index in [9.17, 15) is 19.5 Å². The van der Waals surface area contributed by atoms with Crippen LogP contribution in [0.1, 0.15) is 65.7 Å². The molecule has 1 aliphatic heterocycles. The van der Waals surface area contributed by atoms with Crippen LogP contribution in [0.4, 0.5) is 4.79 Å². The monoisotopic (exact) mass is 436 g/mol. The molecule has 0 atom stereocenters. The number of carbonyl (C=O) groups is 3. The Morgan fingerprint density at radius 1 is 1.03 bits per heavy atom. The molecule has 0 aromatic rings. The maximum absolute atomic E-state index is 12.1. The van der Waals surface area contributed by atoms with Gasteiger partial charge in [0.2, 0.25) is 11.8 Å². The Morgan fingerprint density at radius 2 is 1.71 bits per heavy atom. The molecular weight excluding hydrogens is 396 g/mol. The van der Waals surface area contributed by atoms with Crippen LogP contribution in [0.25, 0.3) is 0 Å². The highest BCUT2D eigenvalue weighted by Crippen LogP contribution is 2.13. The van der Waals surface area contributed by atoms with Crippen molar-refractivity contribution in [2.45, 2.75) is 71.3 Å². The van der Waals surface area contributed by atoms with Crippen LogP contribution in [-0.2, 0) is 9.59 Å². The smallest absolute Gasteiger partial charge is 0.407 e. The summed E-state index contributed by atoms with van der Waals surface area (Å²) in [6.45, 7) is 9.63. The van der Waals surface area contributed by atoms with Crippen LogP contribution >= 0.6 is 0 Å². The Bertz CT molecular complexity index is 642. The summed E-state index contributed by atoms with van der Waals surface area (Å²) in [5.74, 6) is 6.16. The molecule has 8 heteroatoms. The third-order valence-electron chi connectivity index (χ3n) is 5.36. The number of unbranched alkanes of at least 4 members (excludes halogenated alkanes) is 2. The Labute approximate surface area is 187 Å². The Hall–Kier alpha value is -2.27. The minimum absolute atomic E-state index is 0.0930. The predicted octanol–water partition coefficient (Wildman–Crippen LogP) is 2.39. The van der Waals surface area contributed by atoms with Gasteiger partial charge in [-0.3, -0.25) is 14.5 Å². The zero-order valence-corrected chi connectivity index (χ0v) is 19.7. The topological polar surface area (TPSA) is 93.2 Å². The minimum atomic E-state index is -1.02. The lowest BCUT2D eigenvalue weighted by Gasteiger charge is -2.32. The molecule has 1 fully saturated rings. The van der Waals surface area contributed by atoms with E-state index in [2.05, 4.69) is 22.1 Å². The molecule has 2 N–H and O–H groups in total. The van der Waals surface area contributed by atoms with E-state index in [1.807, 2.05) is 0 Å². The predicted molar refractivity (Wildman–Crippen MR) is 122 cm³/mol. The Balaban J connectivity index is 2.08. The number of likely N-dealkylation sites (tertiary alicyclic amines) is 1. The van der Waals surface area contributed by atoms with Gasteiger partial charge in [0.1, 0.15) is 0 Å². The Morgan fingerprint density at radius 3 is 2.32 bits per heavy atom. The number of carbonyl (C=O) groups excluding carboxylic acids is 2. The molecule has 31 heavy (non-hydrogen) atoms. The van der Waals surface area contributed by atoms with E-state index in [0.717, 1.165) is 38.9 Å². The van der Waals surface area contributed by atoms with Crippen molar-refractivity contribution in [3.63, 3.8) is 0 Å². The van der Waals surface area contributed by atoms with Crippen LogP contribution in [0.3, 0.4) is 0 Å². The van der Waals surface area contributed by atoms with Gasteiger partial charge in [-0.2, -0.15) is 0 Å². The summed E-state index contributed by atoms with van der Waals surface area (Å²) in [5, 5.41) is 12.1. The molecule has 0 bridgehead atoms. The number of hydrogen-bond acceptors (Lipinski definition) is 4. The first kappa shape index (κ1) is 26.8. The number of rotatable bonds is 11. The number of hydrogen-bond donors (Lipinski definition) is 2. The van der Waals surface area contributed by atoms with Crippen molar-refractivity contribution < 1.29 is 19.5 Å². The molecule has 0 aliphatic carbocycles. The first-order valence-corrected chi connectivity index (χ1v) is 11.3. The highest BCUT2D eigenvalue weighted by atomic mass is 16.4. The van der Waals surface area contributed by atoms with Gasteiger partial charge in [-0.25, -0.2) is 4.79 Å². The van der Waals surface area contributed by atoms with E-state index in [-0.39, 0.29) is 24.8 Å². The summed E-state index contributed by atoms with van der Waals surface area (Å²) in [6, 6.07) is 0. The number of amides is 3. The SMILES string of the molecule is CN(CC#CCN1CCCC1)C(=O)CCCCCNC(=O)CCN(C(=O)O)C(C)(C)C. The van der Waals surface area contributed by atoms with Crippen molar-refractivity contribution in [3.8, 4) is 11.8 Å². The first-order chi connectivity index (χ1) is 14.6. The molecule has 1 rings (SSSR count). The van der Waals surface area contributed by atoms with Crippen LogP contribution in [0, 0.1) is 11.8 Å². The molecule has 1 heterocycles. The molecule has 0 radical (unpaired) electrons. The summed E-state index contributed by atoms with van der Waals surface area (Å²) in [4.78, 5) is 40.6. The zero-order valence-electron chi connectivity index (χ0n) is 19.7. The summed E-state index contributed by atoms with van der Waals surface area (Å²) < 4.78 is 0. The molecule has 0 spiro atoms. The third kappa shape index (κ3) is 11.6. The lowest BCUT2D eigenvalue weighted by atomic mass is 10.1. The summed E-state index contributed by atoms with van der Waals surface area (Å²) in [7, 11) is 1.78. The van der Waals surface area contributed by atoms with Gasteiger partial charge in [0.15, 0.2) is 0 Å². The van der Waals surface area contributed by atoms with Crippen molar-refractivity contribution >= 4 is 17.9 Å². The van der Waals surface area contributed by atoms with E-state index in [1.54, 1.807) is 32.7 Å². The van der Waals surface area contributed by atoms with Gasteiger partial charge in [0.25, 0.3) is 0 Å². The van der Waals surface area contributed by atoms with E-state index in [1.165, 1.54) is 17.7 Å². The summed E-state index contributed by atoms with van der Waals surface area (Å²) in [6.07, 6.45) is 4.53. The van der Waals surface area contributed by atoms with Gasteiger partial charge in [-0.05, 0) is 59.5 Å². The largest absolute Gasteiger partial charge is 0.465 e. The summed E-state index contributed by atoms with van der Waals surface area (Å²) in [5.41, 5.74) is -0.536. The molecule has 0 unspecified atom stereocenters. The average molecular weight is 437 g/mol. The van der Waals surface area contributed by atoms with Crippen LogP contribution in [0.5, 0.6) is 0 Å². The quantitative estimate of drug-likeness (QED) is 0.383. The third-order valence-corrected chi connectivity index (χ3v) is 5.36. The highest BCUT2D eigenvalue weighted by Gasteiger charge is 2.26.